The maximum absolute atomic E-state index is 13.3. The largest absolute Gasteiger partial charge is 0.508 e. The monoisotopic (exact) mass is 317 g/mol. The van der Waals surface area contributed by atoms with Gasteiger partial charge in [-0.3, -0.25) is 4.79 Å². The summed E-state index contributed by atoms with van der Waals surface area (Å²) in [5, 5.41) is 18.8. The van der Waals surface area contributed by atoms with Crippen LogP contribution in [-0.4, -0.2) is 35.4 Å². The minimum atomic E-state index is -0.836. The van der Waals surface area contributed by atoms with E-state index in [1.807, 2.05) is 0 Å². The lowest BCUT2D eigenvalue weighted by atomic mass is 10.0. The molecule has 0 saturated heterocycles. The first-order chi connectivity index (χ1) is 11.1. The van der Waals surface area contributed by atoms with E-state index in [0.29, 0.717) is 17.0 Å². The predicted molar refractivity (Wildman–Crippen MR) is 82.1 cm³/mol. The number of aliphatic hydroxyl groups excluding tert-OH is 1. The summed E-state index contributed by atoms with van der Waals surface area (Å²) >= 11 is 0. The van der Waals surface area contributed by atoms with Crippen LogP contribution < -0.4 is 9.64 Å². The minimum Gasteiger partial charge on any atom is -0.508 e. The van der Waals surface area contributed by atoms with E-state index in [9.17, 15) is 19.4 Å². The number of aliphatic hydroxyl groups is 1. The Morgan fingerprint density at radius 2 is 2.04 bits per heavy atom. The molecule has 0 bridgehead atoms. The summed E-state index contributed by atoms with van der Waals surface area (Å²) in [7, 11) is 0. The molecule has 0 spiro atoms. The van der Waals surface area contributed by atoms with Crippen LogP contribution in [0.3, 0.4) is 0 Å². The molecular weight excluding hydrogens is 301 g/mol. The lowest BCUT2D eigenvalue weighted by Crippen LogP contribution is -2.48. The number of hydrogen-bond acceptors (Lipinski definition) is 4. The molecular formula is C17H16FNO4. The highest BCUT2D eigenvalue weighted by atomic mass is 19.1. The van der Waals surface area contributed by atoms with Crippen molar-refractivity contribution in [2.45, 2.75) is 12.5 Å². The number of carbonyl (C=O) groups excluding carboxylic acids is 1. The molecule has 2 aromatic rings. The molecule has 0 aromatic heterocycles. The van der Waals surface area contributed by atoms with Gasteiger partial charge < -0.3 is 19.8 Å². The number of hydrogen-bond donors (Lipinski definition) is 2. The number of phenolic OH excluding ortho intramolecular Hbond substituents is 1. The molecule has 0 radical (unpaired) electrons. The van der Waals surface area contributed by atoms with Crippen molar-refractivity contribution in [3.05, 3.63) is 53.8 Å². The summed E-state index contributed by atoms with van der Waals surface area (Å²) in [4.78, 5) is 14.0. The molecule has 0 saturated carbocycles. The average Bonchev–Trinajstić information content (AvgIpc) is 2.51. The molecule has 5 nitrogen and oxygen atoms in total. The first-order valence-electron chi connectivity index (χ1n) is 7.25. The Bertz CT molecular complexity index is 734. The second-order valence-corrected chi connectivity index (χ2v) is 5.31. The summed E-state index contributed by atoms with van der Waals surface area (Å²) in [6.45, 7) is -0.0711. The normalized spacial score (nSPS) is 16.9. The number of rotatable bonds is 4. The summed E-state index contributed by atoms with van der Waals surface area (Å²) in [6, 6.07) is 10.4. The van der Waals surface area contributed by atoms with Crippen LogP contribution >= 0.6 is 0 Å². The third-order valence-corrected chi connectivity index (χ3v) is 3.68. The van der Waals surface area contributed by atoms with E-state index in [0.717, 1.165) is 0 Å². The van der Waals surface area contributed by atoms with Gasteiger partial charge in [0.1, 0.15) is 17.3 Å². The van der Waals surface area contributed by atoms with Crippen LogP contribution in [0.5, 0.6) is 11.5 Å². The Kier molecular flexibility index (Phi) is 4.16. The Balaban J connectivity index is 1.91. The van der Waals surface area contributed by atoms with Gasteiger partial charge in [0.15, 0.2) is 6.10 Å². The fourth-order valence-electron chi connectivity index (χ4n) is 2.65. The van der Waals surface area contributed by atoms with Gasteiger partial charge in [0, 0.05) is 19.0 Å². The quantitative estimate of drug-likeness (QED) is 0.903. The number of halogens is 1. The standard InChI is InChI=1S/C17H16FNO4/c18-12-3-1-2-11(8-12)9-16-17(22)19(6-7-20)14-5-4-13(21)10-15(14)23-16/h1-5,8,10,16,20-21H,6-7,9H2. The van der Waals surface area contributed by atoms with Gasteiger partial charge >= 0.3 is 0 Å². The molecule has 0 fully saturated rings. The van der Waals surface area contributed by atoms with E-state index < -0.39 is 6.10 Å². The topological polar surface area (TPSA) is 70.0 Å². The van der Waals surface area contributed by atoms with Gasteiger partial charge in [-0.2, -0.15) is 0 Å². The molecule has 2 aromatic carbocycles. The molecule has 1 unspecified atom stereocenters. The number of aromatic hydroxyl groups is 1. The van der Waals surface area contributed by atoms with Crippen LogP contribution in [-0.2, 0) is 11.2 Å². The molecule has 1 atom stereocenters. The number of phenols is 1. The Morgan fingerprint density at radius 1 is 1.22 bits per heavy atom. The SMILES string of the molecule is O=C1C(Cc2cccc(F)c2)Oc2cc(O)ccc2N1CCO. The van der Waals surface area contributed by atoms with E-state index in [4.69, 9.17) is 4.74 Å². The zero-order valence-electron chi connectivity index (χ0n) is 12.3. The Morgan fingerprint density at radius 3 is 2.78 bits per heavy atom. The molecule has 1 aliphatic rings. The first-order valence-corrected chi connectivity index (χ1v) is 7.25. The molecule has 1 amide bonds. The van der Waals surface area contributed by atoms with Crippen molar-refractivity contribution in [2.24, 2.45) is 0 Å². The summed E-state index contributed by atoms with van der Waals surface area (Å²) in [5.41, 5.74) is 1.13. The van der Waals surface area contributed by atoms with E-state index >= 15 is 0 Å². The number of anilines is 1. The number of nitrogens with zero attached hydrogens (tertiary/aromatic N) is 1. The van der Waals surface area contributed by atoms with E-state index in [2.05, 4.69) is 0 Å². The van der Waals surface area contributed by atoms with Crippen LogP contribution in [0, 0.1) is 5.82 Å². The summed E-state index contributed by atoms with van der Waals surface area (Å²) < 4.78 is 19.0. The Labute approximate surface area is 132 Å². The van der Waals surface area contributed by atoms with Gasteiger partial charge in [-0.1, -0.05) is 12.1 Å². The van der Waals surface area contributed by atoms with Crippen molar-refractivity contribution in [2.75, 3.05) is 18.1 Å². The highest BCUT2D eigenvalue weighted by molar-refractivity contribution is 6.00. The number of benzene rings is 2. The average molecular weight is 317 g/mol. The molecule has 2 N–H and O–H groups in total. The molecule has 1 aliphatic heterocycles. The minimum absolute atomic E-state index is 0.0200. The van der Waals surface area contributed by atoms with Crippen LogP contribution in [0.2, 0.25) is 0 Å². The molecule has 6 heteroatoms. The van der Waals surface area contributed by atoms with Gasteiger partial charge in [-0.15, -0.1) is 0 Å². The van der Waals surface area contributed by atoms with Gasteiger partial charge in [-0.25, -0.2) is 4.39 Å². The third kappa shape index (κ3) is 3.12. The number of amides is 1. The predicted octanol–water partition coefficient (Wildman–Crippen LogP) is 1.86. The summed E-state index contributed by atoms with van der Waals surface area (Å²) in [6.07, 6.45) is -0.634. The second-order valence-electron chi connectivity index (χ2n) is 5.31. The van der Waals surface area contributed by atoms with Gasteiger partial charge in [-0.05, 0) is 29.8 Å². The van der Waals surface area contributed by atoms with Crippen LogP contribution in [0.1, 0.15) is 5.56 Å². The van der Waals surface area contributed by atoms with Crippen LogP contribution in [0.25, 0.3) is 0 Å². The van der Waals surface area contributed by atoms with Crippen molar-refractivity contribution < 1.29 is 24.1 Å². The van der Waals surface area contributed by atoms with Gasteiger partial charge in [0.2, 0.25) is 0 Å². The Hall–Kier alpha value is -2.60. The number of fused-ring (bicyclic) bond motifs is 1. The van der Waals surface area contributed by atoms with Gasteiger partial charge in [0.05, 0.1) is 12.3 Å². The number of β-amino-alcohol motifs (C(OH)–C–C–N with tert-alkyl or cyclic N) is 1. The van der Waals surface area contributed by atoms with Crippen molar-refractivity contribution in [1.29, 1.82) is 0 Å². The van der Waals surface area contributed by atoms with Crippen molar-refractivity contribution in [1.82, 2.24) is 0 Å². The second kappa shape index (κ2) is 6.26. The number of carbonyl (C=O) groups is 1. The molecule has 0 aliphatic carbocycles. The van der Waals surface area contributed by atoms with Crippen molar-refractivity contribution in [3.63, 3.8) is 0 Å². The fourth-order valence-corrected chi connectivity index (χ4v) is 2.65. The molecule has 23 heavy (non-hydrogen) atoms. The smallest absolute Gasteiger partial charge is 0.268 e. The maximum atomic E-state index is 13.3. The fraction of sp³-hybridized carbons (Fsp3) is 0.235. The van der Waals surface area contributed by atoms with Gasteiger partial charge in [0.25, 0.3) is 5.91 Å². The highest BCUT2D eigenvalue weighted by Gasteiger charge is 2.34. The first kappa shape index (κ1) is 15.3. The van der Waals surface area contributed by atoms with Crippen LogP contribution in [0.4, 0.5) is 10.1 Å². The zero-order valence-corrected chi connectivity index (χ0v) is 12.3. The molecule has 3 rings (SSSR count). The molecule has 120 valence electrons. The highest BCUT2D eigenvalue weighted by Crippen LogP contribution is 2.37. The van der Waals surface area contributed by atoms with E-state index in [-0.39, 0.29) is 37.0 Å². The lowest BCUT2D eigenvalue weighted by Gasteiger charge is -2.34. The van der Waals surface area contributed by atoms with E-state index in [1.54, 1.807) is 18.2 Å². The number of ether oxygens (including phenoxy) is 1. The van der Waals surface area contributed by atoms with Crippen molar-refractivity contribution in [3.8, 4) is 11.5 Å². The van der Waals surface area contributed by atoms with Crippen molar-refractivity contribution >= 4 is 11.6 Å². The lowest BCUT2D eigenvalue weighted by molar-refractivity contribution is -0.126. The summed E-state index contributed by atoms with van der Waals surface area (Å²) in [5.74, 6) is -0.302. The molecule has 1 heterocycles. The zero-order chi connectivity index (χ0) is 16.4. The van der Waals surface area contributed by atoms with Crippen LogP contribution in [0.15, 0.2) is 42.5 Å². The third-order valence-electron chi connectivity index (χ3n) is 3.68. The maximum Gasteiger partial charge on any atom is 0.268 e. The van der Waals surface area contributed by atoms with E-state index in [1.165, 1.54) is 29.2 Å².